The molecular formula is C13H20N2O. The zero-order chi connectivity index (χ0) is 18.1. The van der Waals surface area contributed by atoms with Crippen LogP contribution in [0.2, 0.25) is 0 Å². The summed E-state index contributed by atoms with van der Waals surface area (Å²) in [5, 5.41) is 4.67. The summed E-state index contributed by atoms with van der Waals surface area (Å²) in [5.41, 5.74) is 2.22. The Morgan fingerprint density at radius 1 is 1.44 bits per heavy atom. The van der Waals surface area contributed by atoms with Crippen molar-refractivity contribution in [1.82, 2.24) is 5.32 Å². The lowest BCUT2D eigenvalue weighted by molar-refractivity contribution is -0.115. The summed E-state index contributed by atoms with van der Waals surface area (Å²) in [5.74, 6) is -0.618. The van der Waals surface area contributed by atoms with Gasteiger partial charge in [-0.2, -0.15) is 0 Å². The zero-order valence-electron chi connectivity index (χ0n) is 16.3. The molecule has 0 aromatic heterocycles. The van der Waals surface area contributed by atoms with Crippen molar-refractivity contribution in [2.75, 3.05) is 11.9 Å². The molecule has 1 rings (SSSR count). The lowest BCUT2D eigenvalue weighted by Gasteiger charge is -2.12. The van der Waals surface area contributed by atoms with Crippen LogP contribution < -0.4 is 10.6 Å². The number of carbonyl (C=O) groups is 1. The maximum Gasteiger partial charge on any atom is 0.238 e. The second-order valence-electron chi connectivity index (χ2n) is 3.54. The van der Waals surface area contributed by atoms with E-state index >= 15 is 0 Å². The fraction of sp³-hybridized carbons (Fsp3) is 0.462. The van der Waals surface area contributed by atoms with Crippen LogP contribution in [0.3, 0.4) is 0 Å². The van der Waals surface area contributed by atoms with Gasteiger partial charge in [-0.05, 0) is 25.0 Å². The maximum absolute atomic E-state index is 12.0. The molecule has 1 aromatic carbocycles. The van der Waals surface area contributed by atoms with E-state index in [0.29, 0.717) is 5.69 Å². The van der Waals surface area contributed by atoms with Crippen molar-refractivity contribution in [2.24, 2.45) is 0 Å². The molecule has 3 nitrogen and oxygen atoms in total. The Kier molecular flexibility index (Phi) is 2.06. The van der Waals surface area contributed by atoms with Gasteiger partial charge in [0.15, 0.2) is 0 Å². The number of hydrogen-bond acceptors (Lipinski definition) is 2. The minimum atomic E-state index is -3.11. The summed E-state index contributed by atoms with van der Waals surface area (Å²) < 4.78 is 51.4. The molecule has 1 amide bonds. The van der Waals surface area contributed by atoms with Gasteiger partial charge in [0.25, 0.3) is 0 Å². The number of carbonyl (C=O) groups excluding carboxylic acids is 1. The van der Waals surface area contributed by atoms with Gasteiger partial charge in [0.1, 0.15) is 0 Å². The van der Waals surface area contributed by atoms with Gasteiger partial charge < -0.3 is 10.6 Å². The van der Waals surface area contributed by atoms with Crippen LogP contribution in [0.15, 0.2) is 18.2 Å². The number of hydrogen-bond donors (Lipinski definition) is 2. The third kappa shape index (κ3) is 3.66. The largest absolute Gasteiger partial charge is 0.324 e. The molecule has 0 heterocycles. The molecule has 0 spiro atoms. The summed E-state index contributed by atoms with van der Waals surface area (Å²) in [6.07, 6.45) is 0. The molecule has 0 saturated heterocycles. The van der Waals surface area contributed by atoms with Crippen molar-refractivity contribution in [2.45, 2.75) is 33.6 Å². The number of nitrogens with one attached hydrogen (secondary N) is 2. The first-order chi connectivity index (χ1) is 10.3. The van der Waals surface area contributed by atoms with Crippen LogP contribution in [-0.4, -0.2) is 18.5 Å². The van der Waals surface area contributed by atoms with E-state index in [0.717, 1.165) is 11.1 Å². The van der Waals surface area contributed by atoms with Crippen molar-refractivity contribution in [1.29, 1.82) is 0 Å². The topological polar surface area (TPSA) is 41.1 Å². The fourth-order valence-corrected chi connectivity index (χ4v) is 1.36. The Labute approximate surface area is 107 Å². The van der Waals surface area contributed by atoms with Crippen LogP contribution in [0, 0.1) is 13.8 Å². The fourth-order valence-electron chi connectivity index (χ4n) is 1.36. The maximum atomic E-state index is 12.0. The Morgan fingerprint density at radius 3 is 2.62 bits per heavy atom. The van der Waals surface area contributed by atoms with Gasteiger partial charge in [-0.1, -0.05) is 31.9 Å². The third-order valence-electron chi connectivity index (χ3n) is 2.17. The normalized spacial score (nSPS) is 19.2. The van der Waals surface area contributed by atoms with Gasteiger partial charge in [-0.3, -0.25) is 4.79 Å². The minimum absolute atomic E-state index is 0.581. The van der Waals surface area contributed by atoms with E-state index in [9.17, 15) is 4.79 Å². The Bertz CT molecular complexity index is 546. The molecule has 0 radical (unpaired) electrons. The molecule has 3 heteroatoms. The van der Waals surface area contributed by atoms with Gasteiger partial charge in [-0.25, -0.2) is 0 Å². The monoisotopic (exact) mass is 227 g/mol. The highest BCUT2D eigenvalue weighted by atomic mass is 16.1. The molecule has 0 fully saturated rings. The van der Waals surface area contributed by atoms with Gasteiger partial charge in [0, 0.05) is 21.3 Å². The molecule has 0 bridgehead atoms. The van der Waals surface area contributed by atoms with E-state index in [1.54, 1.807) is 26.0 Å². The van der Waals surface area contributed by atoms with Crippen LogP contribution in [-0.2, 0) is 4.79 Å². The van der Waals surface area contributed by atoms with Gasteiger partial charge in [-0.15, -0.1) is 0 Å². The summed E-state index contributed by atoms with van der Waals surface area (Å²) in [6, 6.07) is 2.51. The van der Waals surface area contributed by atoms with Crippen LogP contribution in [0.25, 0.3) is 0 Å². The Balaban J connectivity index is 2.86. The van der Waals surface area contributed by atoms with Crippen molar-refractivity contribution >= 4 is 11.6 Å². The third-order valence-corrected chi connectivity index (χ3v) is 2.17. The number of benzene rings is 1. The Morgan fingerprint density at radius 2 is 2.06 bits per heavy atom. The average Bonchev–Trinajstić information content (AvgIpc) is 2.37. The van der Waals surface area contributed by atoms with E-state index in [2.05, 4.69) is 10.6 Å². The van der Waals surface area contributed by atoms with E-state index < -0.39 is 32.2 Å². The SMILES string of the molecule is [2H]C([2H])([2H])C([2H])(NCC(=O)Nc1c(C)cccc1C)C([2H])([2H])[2H]. The van der Waals surface area contributed by atoms with Crippen LogP contribution >= 0.6 is 0 Å². The van der Waals surface area contributed by atoms with Gasteiger partial charge in [0.05, 0.1) is 6.54 Å². The average molecular weight is 227 g/mol. The van der Waals surface area contributed by atoms with Crippen LogP contribution in [0.1, 0.15) is 34.4 Å². The van der Waals surface area contributed by atoms with Gasteiger partial charge >= 0.3 is 0 Å². The number of amides is 1. The standard InChI is InChI=1S/C13H20N2O/c1-9(2)14-8-12(16)15-13-10(3)6-5-7-11(13)4/h5-7,9,14H,8H2,1-4H3,(H,15,16)/i1D3,2D3,9D. The first kappa shape index (κ1) is 5.82. The molecule has 0 atom stereocenters. The molecular weight excluding hydrogens is 200 g/mol. The second-order valence-corrected chi connectivity index (χ2v) is 3.54. The van der Waals surface area contributed by atoms with E-state index in [1.165, 1.54) is 0 Å². The first-order valence-electron chi connectivity index (χ1n) is 8.41. The molecule has 1 aromatic rings. The van der Waals surface area contributed by atoms with Crippen molar-refractivity contribution in [3.63, 3.8) is 0 Å². The minimum Gasteiger partial charge on any atom is -0.324 e. The van der Waals surface area contributed by atoms with Crippen molar-refractivity contribution in [3.05, 3.63) is 29.3 Å². The summed E-state index contributed by atoms with van der Waals surface area (Å²) in [4.78, 5) is 12.0. The molecule has 0 unspecified atom stereocenters. The van der Waals surface area contributed by atoms with E-state index in [4.69, 9.17) is 9.60 Å². The molecule has 16 heavy (non-hydrogen) atoms. The van der Waals surface area contributed by atoms with Crippen molar-refractivity contribution < 1.29 is 14.4 Å². The summed E-state index contributed by atoms with van der Waals surface area (Å²) in [6.45, 7) is -3.23. The lowest BCUT2D eigenvalue weighted by Crippen LogP contribution is -2.32. The summed E-state index contributed by atoms with van der Waals surface area (Å²) in [7, 11) is 0. The van der Waals surface area contributed by atoms with E-state index in [1.807, 2.05) is 6.07 Å². The predicted molar refractivity (Wildman–Crippen MR) is 67.7 cm³/mol. The van der Waals surface area contributed by atoms with Crippen molar-refractivity contribution in [3.8, 4) is 0 Å². The molecule has 0 aliphatic heterocycles. The van der Waals surface area contributed by atoms with Gasteiger partial charge in [0.2, 0.25) is 5.91 Å². The quantitative estimate of drug-likeness (QED) is 0.828. The first-order valence-corrected chi connectivity index (χ1v) is 4.91. The number of anilines is 1. The lowest BCUT2D eigenvalue weighted by atomic mass is 10.1. The molecule has 0 saturated carbocycles. The van der Waals surface area contributed by atoms with Crippen LogP contribution in [0.5, 0.6) is 0 Å². The highest BCUT2D eigenvalue weighted by molar-refractivity contribution is 5.93. The number of para-hydroxylation sites is 1. The molecule has 0 aliphatic rings. The zero-order valence-corrected chi connectivity index (χ0v) is 9.35. The highest BCUT2D eigenvalue weighted by Crippen LogP contribution is 2.18. The Hall–Kier alpha value is -1.35. The predicted octanol–water partition coefficient (Wildman–Crippen LogP) is 2.24. The number of aryl methyl sites for hydroxylation is 2. The second kappa shape index (κ2) is 5.66. The van der Waals surface area contributed by atoms with Crippen LogP contribution in [0.4, 0.5) is 5.69 Å². The smallest absolute Gasteiger partial charge is 0.238 e. The number of rotatable bonds is 4. The highest BCUT2D eigenvalue weighted by Gasteiger charge is 2.06. The molecule has 0 aliphatic carbocycles. The van der Waals surface area contributed by atoms with E-state index in [-0.39, 0.29) is 0 Å². The summed E-state index contributed by atoms with van der Waals surface area (Å²) >= 11 is 0. The molecule has 2 N–H and O–H groups in total. The molecule has 88 valence electrons.